The summed E-state index contributed by atoms with van der Waals surface area (Å²) >= 11 is 0. The maximum Gasteiger partial charge on any atom is 0.288 e. The molecule has 0 bridgehead atoms. The summed E-state index contributed by atoms with van der Waals surface area (Å²) < 4.78 is 1.82. The molecule has 1 N–H and O–H groups in total. The molecular formula is C22H27N3O3. The lowest BCUT2D eigenvalue weighted by Crippen LogP contribution is -2.56. The van der Waals surface area contributed by atoms with Gasteiger partial charge >= 0.3 is 0 Å². The third-order valence-electron chi connectivity index (χ3n) is 6.09. The van der Waals surface area contributed by atoms with Crippen molar-refractivity contribution in [3.63, 3.8) is 0 Å². The molecule has 0 saturated heterocycles. The van der Waals surface area contributed by atoms with Crippen LogP contribution in [-0.2, 0) is 6.42 Å². The number of aryl methyl sites for hydroxylation is 1. The zero-order valence-corrected chi connectivity index (χ0v) is 16.5. The highest BCUT2D eigenvalue weighted by Crippen LogP contribution is 2.43. The largest absolute Gasteiger partial charge is 0.503 e. The van der Waals surface area contributed by atoms with Gasteiger partial charge in [-0.3, -0.25) is 14.6 Å². The Kier molecular flexibility index (Phi) is 4.98. The molecule has 2 aliphatic rings. The van der Waals surface area contributed by atoms with Gasteiger partial charge < -0.3 is 9.67 Å². The van der Waals surface area contributed by atoms with Crippen LogP contribution in [0, 0.1) is 0 Å². The van der Waals surface area contributed by atoms with Gasteiger partial charge in [0.25, 0.3) is 5.91 Å². The van der Waals surface area contributed by atoms with Gasteiger partial charge in [0.2, 0.25) is 5.43 Å². The van der Waals surface area contributed by atoms with Gasteiger partial charge in [-0.15, -0.1) is 0 Å². The van der Waals surface area contributed by atoms with Crippen LogP contribution in [0.3, 0.4) is 0 Å². The highest BCUT2D eigenvalue weighted by Gasteiger charge is 2.42. The number of hydrogen-bond acceptors (Lipinski definition) is 4. The Morgan fingerprint density at radius 3 is 2.61 bits per heavy atom. The number of fused-ring (bicyclic) bond motifs is 2. The van der Waals surface area contributed by atoms with E-state index >= 15 is 0 Å². The fraction of sp³-hybridized carbons (Fsp3) is 0.455. The van der Waals surface area contributed by atoms with Crippen LogP contribution >= 0.6 is 0 Å². The van der Waals surface area contributed by atoms with Crippen molar-refractivity contribution in [1.29, 1.82) is 0 Å². The number of hydrogen-bond donors (Lipinski definition) is 1. The van der Waals surface area contributed by atoms with Gasteiger partial charge in [-0.05, 0) is 37.3 Å². The van der Waals surface area contributed by atoms with Crippen molar-refractivity contribution in [2.45, 2.75) is 51.6 Å². The first kappa shape index (κ1) is 18.7. The summed E-state index contributed by atoms with van der Waals surface area (Å²) in [6.07, 6.45) is 5.81. The molecule has 1 aliphatic heterocycles. The van der Waals surface area contributed by atoms with Crippen molar-refractivity contribution >= 4 is 5.91 Å². The van der Waals surface area contributed by atoms with Gasteiger partial charge in [-0.25, -0.2) is 0 Å². The molecule has 1 aliphatic carbocycles. The van der Waals surface area contributed by atoms with Crippen LogP contribution in [0.25, 0.3) is 0 Å². The normalized spacial score (nSPS) is 22.5. The molecule has 2 aromatic rings. The van der Waals surface area contributed by atoms with Gasteiger partial charge in [0.15, 0.2) is 11.4 Å². The molecule has 1 aromatic carbocycles. The topological polar surface area (TPSA) is 65.8 Å². The molecule has 6 nitrogen and oxygen atoms in total. The van der Waals surface area contributed by atoms with Crippen LogP contribution in [0.5, 0.6) is 5.75 Å². The number of aromatic nitrogens is 1. The SMILES string of the molecule is CCN1C(=O)c2c(O)c(=O)ccn2C(C2CCCCc3ccccc32)N1CC. The van der Waals surface area contributed by atoms with Crippen molar-refractivity contribution in [3.05, 3.63) is 63.6 Å². The second kappa shape index (κ2) is 7.43. The number of nitrogens with zero attached hydrogens (tertiary/aromatic N) is 3. The summed E-state index contributed by atoms with van der Waals surface area (Å²) in [6, 6.07) is 9.89. The lowest BCUT2D eigenvalue weighted by molar-refractivity contribution is -0.0810. The molecule has 2 unspecified atom stereocenters. The molecule has 1 amide bonds. The van der Waals surface area contributed by atoms with E-state index in [1.807, 2.05) is 18.4 Å². The van der Waals surface area contributed by atoms with Crippen LogP contribution in [-0.4, -0.2) is 38.7 Å². The van der Waals surface area contributed by atoms with Crippen molar-refractivity contribution in [1.82, 2.24) is 14.6 Å². The van der Waals surface area contributed by atoms with Gasteiger partial charge in [-0.2, -0.15) is 5.01 Å². The molecule has 2 atom stereocenters. The van der Waals surface area contributed by atoms with Crippen LogP contribution in [0.4, 0.5) is 0 Å². The maximum absolute atomic E-state index is 13.1. The zero-order valence-electron chi connectivity index (χ0n) is 16.5. The van der Waals surface area contributed by atoms with E-state index in [1.165, 1.54) is 17.2 Å². The number of carbonyl (C=O) groups excluding carboxylic acids is 1. The standard InChI is InChI=1S/C22H27N3O3/c1-3-24-21(17-12-8-6-10-15-9-5-7-11-16(15)17)23-14-13-18(26)20(27)19(23)22(28)25(24)4-2/h5,7,9,11,13-14,17,21,27H,3-4,6,8,10,12H2,1-2H3. The van der Waals surface area contributed by atoms with E-state index in [9.17, 15) is 14.7 Å². The predicted molar refractivity (Wildman–Crippen MR) is 107 cm³/mol. The lowest BCUT2D eigenvalue weighted by atomic mass is 9.88. The summed E-state index contributed by atoms with van der Waals surface area (Å²) in [7, 11) is 0. The molecule has 0 fully saturated rings. The molecule has 4 rings (SSSR count). The van der Waals surface area contributed by atoms with Crippen molar-refractivity contribution < 1.29 is 9.90 Å². The molecule has 0 radical (unpaired) electrons. The van der Waals surface area contributed by atoms with E-state index in [-0.39, 0.29) is 23.7 Å². The third-order valence-corrected chi connectivity index (χ3v) is 6.09. The van der Waals surface area contributed by atoms with Crippen LogP contribution in [0.1, 0.15) is 66.8 Å². The van der Waals surface area contributed by atoms with Gasteiger partial charge in [0.1, 0.15) is 6.17 Å². The van der Waals surface area contributed by atoms with E-state index in [4.69, 9.17) is 0 Å². The number of pyridine rings is 1. The molecule has 28 heavy (non-hydrogen) atoms. The number of amides is 1. The minimum absolute atomic E-state index is 0.103. The minimum atomic E-state index is -0.513. The summed E-state index contributed by atoms with van der Waals surface area (Å²) in [5.74, 6) is -0.604. The molecular weight excluding hydrogens is 354 g/mol. The molecule has 1 aromatic heterocycles. The first-order valence-corrected chi connectivity index (χ1v) is 10.2. The Labute approximate surface area is 165 Å². The van der Waals surface area contributed by atoms with Gasteiger partial charge in [0.05, 0.1) is 0 Å². The average Bonchev–Trinajstić information content (AvgIpc) is 2.92. The average molecular weight is 381 g/mol. The Morgan fingerprint density at radius 1 is 1.07 bits per heavy atom. The second-order valence-electron chi connectivity index (χ2n) is 7.53. The predicted octanol–water partition coefficient (Wildman–Crippen LogP) is 3.28. The minimum Gasteiger partial charge on any atom is -0.503 e. The fourth-order valence-electron chi connectivity index (χ4n) is 4.85. The monoisotopic (exact) mass is 381 g/mol. The molecule has 148 valence electrons. The van der Waals surface area contributed by atoms with E-state index in [2.05, 4.69) is 29.3 Å². The summed E-state index contributed by atoms with van der Waals surface area (Å²) in [5, 5.41) is 14.2. The molecule has 2 heterocycles. The molecule has 0 spiro atoms. The Bertz CT molecular complexity index is 952. The maximum atomic E-state index is 13.1. The number of likely N-dealkylation sites (N-methyl/N-ethyl adjacent to an activating group) is 1. The summed E-state index contributed by atoms with van der Waals surface area (Å²) in [4.78, 5) is 25.2. The second-order valence-corrected chi connectivity index (χ2v) is 7.53. The Morgan fingerprint density at radius 2 is 1.86 bits per heavy atom. The number of hydrazine groups is 1. The summed E-state index contributed by atoms with van der Waals surface area (Å²) in [5.41, 5.74) is 2.25. The third kappa shape index (κ3) is 2.83. The molecule has 6 heteroatoms. The Balaban J connectivity index is 1.95. The lowest BCUT2D eigenvalue weighted by Gasteiger charge is -2.48. The van der Waals surface area contributed by atoms with Gasteiger partial charge in [0, 0.05) is 31.3 Å². The van der Waals surface area contributed by atoms with Crippen molar-refractivity contribution in [3.8, 4) is 5.75 Å². The summed E-state index contributed by atoms with van der Waals surface area (Å²) in [6.45, 7) is 5.11. The van der Waals surface area contributed by atoms with Crippen LogP contribution in [0.2, 0.25) is 0 Å². The van der Waals surface area contributed by atoms with Crippen molar-refractivity contribution in [2.75, 3.05) is 13.1 Å². The fourth-order valence-corrected chi connectivity index (χ4v) is 4.85. The number of carbonyl (C=O) groups is 1. The quantitative estimate of drug-likeness (QED) is 0.829. The Hall–Kier alpha value is -2.60. The first-order valence-electron chi connectivity index (χ1n) is 10.2. The van der Waals surface area contributed by atoms with E-state index in [0.29, 0.717) is 13.1 Å². The first-order chi connectivity index (χ1) is 13.6. The van der Waals surface area contributed by atoms with Crippen molar-refractivity contribution in [2.24, 2.45) is 0 Å². The van der Waals surface area contributed by atoms with Gasteiger partial charge in [-0.1, -0.05) is 37.6 Å². The van der Waals surface area contributed by atoms with Crippen LogP contribution < -0.4 is 5.43 Å². The van der Waals surface area contributed by atoms with E-state index in [1.54, 1.807) is 11.2 Å². The number of rotatable bonds is 3. The zero-order chi connectivity index (χ0) is 19.8. The number of benzene rings is 1. The number of aromatic hydroxyl groups is 1. The molecule has 0 saturated carbocycles. The van der Waals surface area contributed by atoms with Crippen LogP contribution in [0.15, 0.2) is 41.3 Å². The smallest absolute Gasteiger partial charge is 0.288 e. The van der Waals surface area contributed by atoms with E-state index < -0.39 is 11.2 Å². The van der Waals surface area contributed by atoms with E-state index in [0.717, 1.165) is 25.7 Å². The highest BCUT2D eigenvalue weighted by molar-refractivity contribution is 5.95. The highest BCUT2D eigenvalue weighted by atomic mass is 16.3.